The fourth-order valence-electron chi connectivity index (χ4n) is 3.46. The van der Waals surface area contributed by atoms with Crippen molar-refractivity contribution in [2.45, 2.75) is 13.3 Å². The van der Waals surface area contributed by atoms with Crippen LogP contribution in [0.4, 0.5) is 17.2 Å². The van der Waals surface area contributed by atoms with Crippen LogP contribution in [-0.2, 0) is 11.2 Å². The van der Waals surface area contributed by atoms with Gasteiger partial charge in [-0.2, -0.15) is 0 Å². The maximum absolute atomic E-state index is 6.11. The van der Waals surface area contributed by atoms with Gasteiger partial charge in [-0.3, -0.25) is 4.99 Å². The van der Waals surface area contributed by atoms with Gasteiger partial charge >= 0.3 is 0 Å². The van der Waals surface area contributed by atoms with Gasteiger partial charge in [-0.25, -0.2) is 9.97 Å². The second-order valence-electron chi connectivity index (χ2n) is 7.30. The first-order valence-corrected chi connectivity index (χ1v) is 10.9. The highest BCUT2D eigenvalue weighted by atomic mass is 32.1. The van der Waals surface area contributed by atoms with Gasteiger partial charge in [0.1, 0.15) is 35.1 Å². The van der Waals surface area contributed by atoms with E-state index in [0.717, 1.165) is 55.8 Å². The van der Waals surface area contributed by atoms with E-state index in [-0.39, 0.29) is 0 Å². The van der Waals surface area contributed by atoms with Gasteiger partial charge in [-0.1, -0.05) is 17.9 Å². The predicted molar refractivity (Wildman–Crippen MR) is 129 cm³/mol. The third kappa shape index (κ3) is 4.19. The lowest BCUT2D eigenvalue weighted by molar-refractivity contribution is 0.240. The molecule has 0 aliphatic carbocycles. The third-order valence-electron chi connectivity index (χ3n) is 5.02. The highest BCUT2D eigenvalue weighted by molar-refractivity contribution is 7.19. The number of aliphatic imine (C=N–C) groups is 1. The van der Waals surface area contributed by atoms with Crippen molar-refractivity contribution in [2.75, 3.05) is 19.0 Å². The molecule has 0 saturated carbocycles. The molecular weight excluding hydrogens is 420 g/mol. The van der Waals surface area contributed by atoms with Gasteiger partial charge in [0, 0.05) is 31.5 Å². The molecule has 0 spiro atoms. The Morgan fingerprint density at radius 3 is 2.94 bits per heavy atom. The van der Waals surface area contributed by atoms with E-state index in [1.807, 2.05) is 49.5 Å². The topological polar surface area (TPSA) is 68.6 Å². The molecule has 6 nitrogen and oxygen atoms in total. The van der Waals surface area contributed by atoms with Crippen LogP contribution in [-0.4, -0.2) is 29.9 Å². The molecule has 2 aromatic heterocycles. The molecule has 1 aliphatic rings. The minimum absolute atomic E-state index is 0.400. The molecule has 0 atom stereocenters. The van der Waals surface area contributed by atoms with Gasteiger partial charge in [0.2, 0.25) is 0 Å². The van der Waals surface area contributed by atoms with E-state index in [2.05, 4.69) is 38.2 Å². The van der Waals surface area contributed by atoms with E-state index >= 15 is 0 Å². The normalized spacial score (nSPS) is 11.8. The zero-order chi connectivity index (χ0) is 21.9. The van der Waals surface area contributed by atoms with Crippen molar-refractivity contribution in [3.8, 4) is 23.3 Å². The number of methoxy groups -OCH3 is 1. The smallest absolute Gasteiger partial charge is 0.142 e. The van der Waals surface area contributed by atoms with Crippen molar-refractivity contribution in [1.29, 1.82) is 0 Å². The van der Waals surface area contributed by atoms with Crippen LogP contribution in [0.15, 0.2) is 53.8 Å². The molecule has 4 aromatic rings. The summed E-state index contributed by atoms with van der Waals surface area (Å²) in [6.07, 6.45) is 4.37. The van der Waals surface area contributed by atoms with E-state index in [1.165, 1.54) is 16.9 Å². The Morgan fingerprint density at radius 1 is 1.12 bits per heavy atom. The van der Waals surface area contributed by atoms with Crippen molar-refractivity contribution in [2.24, 2.45) is 4.99 Å². The van der Waals surface area contributed by atoms with Crippen molar-refractivity contribution in [1.82, 2.24) is 9.97 Å². The standard InChI is InChI=1S/C25H20N4O2S/c1-16-12-18(6-8-23(16)31-19-7-5-17-9-10-26-22(17)13-19)29-24-21-14-20(4-3-11-30-2)32-25(21)28-15-27-24/h5-8,10,12-15H,9,11H2,1-2H3,(H,27,28,29). The van der Waals surface area contributed by atoms with Gasteiger partial charge in [0.05, 0.1) is 16.0 Å². The fraction of sp³-hybridized carbons (Fsp3) is 0.160. The summed E-state index contributed by atoms with van der Waals surface area (Å²) in [5.74, 6) is 8.41. The molecule has 32 heavy (non-hydrogen) atoms. The molecule has 158 valence electrons. The molecule has 0 fully saturated rings. The monoisotopic (exact) mass is 440 g/mol. The maximum atomic E-state index is 6.11. The Morgan fingerprint density at radius 2 is 2.06 bits per heavy atom. The molecule has 0 amide bonds. The zero-order valence-corrected chi connectivity index (χ0v) is 18.5. The second-order valence-corrected chi connectivity index (χ2v) is 8.33. The Labute approximate surface area is 190 Å². The first kappa shape index (κ1) is 20.2. The second kappa shape index (κ2) is 8.79. The first-order chi connectivity index (χ1) is 15.7. The van der Waals surface area contributed by atoms with Gasteiger partial charge in [0.15, 0.2) is 0 Å². The number of rotatable bonds is 5. The van der Waals surface area contributed by atoms with Crippen LogP contribution in [0, 0.1) is 18.8 Å². The van der Waals surface area contributed by atoms with Gasteiger partial charge in [0.25, 0.3) is 0 Å². The number of fused-ring (bicyclic) bond motifs is 2. The minimum atomic E-state index is 0.400. The number of anilines is 2. The van der Waals surface area contributed by atoms with Crippen LogP contribution in [0.2, 0.25) is 0 Å². The number of hydrogen-bond donors (Lipinski definition) is 1. The first-order valence-electron chi connectivity index (χ1n) is 10.1. The minimum Gasteiger partial charge on any atom is -0.457 e. The van der Waals surface area contributed by atoms with E-state index in [1.54, 1.807) is 13.4 Å². The van der Waals surface area contributed by atoms with Crippen molar-refractivity contribution in [3.63, 3.8) is 0 Å². The summed E-state index contributed by atoms with van der Waals surface area (Å²) in [7, 11) is 1.63. The summed E-state index contributed by atoms with van der Waals surface area (Å²) in [6.45, 7) is 2.42. The molecule has 1 N–H and O–H groups in total. The molecule has 0 unspecified atom stereocenters. The number of ether oxygens (including phenoxy) is 2. The average molecular weight is 441 g/mol. The number of aromatic nitrogens is 2. The molecule has 1 aliphatic heterocycles. The van der Waals surface area contributed by atoms with Crippen LogP contribution in [0.1, 0.15) is 16.0 Å². The van der Waals surface area contributed by atoms with E-state index in [0.29, 0.717) is 6.61 Å². The lowest BCUT2D eigenvalue weighted by Gasteiger charge is -2.12. The summed E-state index contributed by atoms with van der Waals surface area (Å²) in [4.78, 5) is 15.0. The molecule has 0 radical (unpaired) electrons. The Balaban J connectivity index is 1.36. The quantitative estimate of drug-likeness (QED) is 0.398. The number of benzene rings is 2. The van der Waals surface area contributed by atoms with E-state index in [4.69, 9.17) is 9.47 Å². The molecule has 0 bridgehead atoms. The van der Waals surface area contributed by atoms with Crippen LogP contribution >= 0.6 is 11.3 Å². The van der Waals surface area contributed by atoms with Crippen LogP contribution in [0.25, 0.3) is 10.2 Å². The summed E-state index contributed by atoms with van der Waals surface area (Å²) < 4.78 is 11.1. The molecule has 0 saturated heterocycles. The number of thiophene rings is 1. The summed E-state index contributed by atoms with van der Waals surface area (Å²) in [5, 5.41) is 4.34. The van der Waals surface area contributed by atoms with Crippen molar-refractivity contribution < 1.29 is 9.47 Å². The van der Waals surface area contributed by atoms with Gasteiger partial charge < -0.3 is 14.8 Å². The number of nitrogens with zero attached hydrogens (tertiary/aromatic N) is 3. The highest BCUT2D eigenvalue weighted by Crippen LogP contribution is 2.34. The SMILES string of the molecule is COCC#Cc1cc2c(Nc3ccc(Oc4ccc5c(c4)N=CC5)c(C)c3)ncnc2s1. The Hall–Kier alpha value is -3.73. The third-order valence-corrected chi connectivity index (χ3v) is 5.98. The van der Waals surface area contributed by atoms with Crippen LogP contribution in [0.5, 0.6) is 11.5 Å². The van der Waals surface area contributed by atoms with E-state index < -0.39 is 0 Å². The van der Waals surface area contributed by atoms with E-state index in [9.17, 15) is 0 Å². The Kier molecular flexibility index (Phi) is 5.55. The maximum Gasteiger partial charge on any atom is 0.142 e. The zero-order valence-electron chi connectivity index (χ0n) is 17.7. The summed E-state index contributed by atoms with van der Waals surface area (Å²) in [6, 6.07) is 14.0. The lowest BCUT2D eigenvalue weighted by Crippen LogP contribution is -1.96. The largest absolute Gasteiger partial charge is 0.457 e. The fourth-order valence-corrected chi connectivity index (χ4v) is 4.33. The lowest BCUT2D eigenvalue weighted by atomic mass is 10.1. The molecule has 7 heteroatoms. The van der Waals surface area contributed by atoms with Gasteiger partial charge in [-0.15, -0.1) is 11.3 Å². The summed E-state index contributed by atoms with van der Waals surface area (Å²) >= 11 is 1.54. The number of nitrogens with one attached hydrogen (secondary N) is 1. The number of hydrogen-bond acceptors (Lipinski definition) is 7. The molecular formula is C25H20N4O2S. The van der Waals surface area contributed by atoms with Crippen LogP contribution in [0.3, 0.4) is 0 Å². The van der Waals surface area contributed by atoms with Crippen LogP contribution < -0.4 is 10.1 Å². The summed E-state index contributed by atoms with van der Waals surface area (Å²) in [5.41, 5.74) is 4.15. The average Bonchev–Trinajstić information content (AvgIpc) is 3.42. The van der Waals surface area contributed by atoms with Crippen molar-refractivity contribution in [3.05, 3.63) is 64.8 Å². The van der Waals surface area contributed by atoms with Gasteiger partial charge in [-0.05, 0) is 48.4 Å². The Bertz CT molecular complexity index is 1400. The predicted octanol–water partition coefficient (Wildman–Crippen LogP) is 5.79. The van der Waals surface area contributed by atoms with Crippen molar-refractivity contribution >= 4 is 45.0 Å². The molecule has 5 rings (SSSR count). The molecule has 3 heterocycles. The highest BCUT2D eigenvalue weighted by Gasteiger charge is 2.11. The molecule has 2 aromatic carbocycles. The number of aryl methyl sites for hydroxylation is 1.